The fourth-order valence-corrected chi connectivity index (χ4v) is 1.71. The number of hydrogen-bond donors (Lipinski definition) is 0. The summed E-state index contributed by atoms with van der Waals surface area (Å²) in [5.74, 6) is 0.230. The standard InChI is InChI=1S/C10H15NO2S/c1-2-13-10(12)8-14-7-5-9-4-3-6-11-9/h5,7H,2-4,6,8H2,1H3. The van der Waals surface area contributed by atoms with Crippen LogP contribution in [0.25, 0.3) is 0 Å². The van der Waals surface area contributed by atoms with Crippen LogP contribution in [-0.2, 0) is 9.53 Å². The maximum absolute atomic E-state index is 10.9. The third-order valence-corrected chi connectivity index (χ3v) is 2.50. The van der Waals surface area contributed by atoms with Crippen LogP contribution in [0.4, 0.5) is 0 Å². The fraction of sp³-hybridized carbons (Fsp3) is 0.600. The highest BCUT2D eigenvalue weighted by Gasteiger charge is 2.02. The van der Waals surface area contributed by atoms with E-state index < -0.39 is 0 Å². The van der Waals surface area contributed by atoms with E-state index in [0.717, 1.165) is 25.1 Å². The Labute approximate surface area is 88.6 Å². The van der Waals surface area contributed by atoms with E-state index in [4.69, 9.17) is 4.74 Å². The number of hydrogen-bond acceptors (Lipinski definition) is 4. The number of allylic oxidation sites excluding steroid dienone is 1. The van der Waals surface area contributed by atoms with Gasteiger partial charge in [0, 0.05) is 12.3 Å². The minimum atomic E-state index is -0.157. The van der Waals surface area contributed by atoms with Crippen molar-refractivity contribution in [2.45, 2.75) is 19.8 Å². The van der Waals surface area contributed by atoms with Crippen LogP contribution in [-0.4, -0.2) is 30.6 Å². The summed E-state index contributed by atoms with van der Waals surface area (Å²) in [7, 11) is 0. The second kappa shape index (κ2) is 6.65. The molecule has 1 rings (SSSR count). The first-order valence-electron chi connectivity index (χ1n) is 4.80. The monoisotopic (exact) mass is 213 g/mol. The first-order chi connectivity index (χ1) is 6.83. The molecule has 0 aromatic heterocycles. The molecule has 0 radical (unpaired) electrons. The minimum Gasteiger partial charge on any atom is -0.465 e. The van der Waals surface area contributed by atoms with Crippen LogP contribution in [0.3, 0.4) is 0 Å². The predicted molar refractivity (Wildman–Crippen MR) is 59.8 cm³/mol. The van der Waals surface area contributed by atoms with E-state index in [2.05, 4.69) is 4.99 Å². The molecule has 0 saturated carbocycles. The van der Waals surface area contributed by atoms with E-state index in [1.807, 2.05) is 18.4 Å². The molecular weight excluding hydrogens is 198 g/mol. The van der Waals surface area contributed by atoms with Crippen LogP contribution in [0.2, 0.25) is 0 Å². The van der Waals surface area contributed by atoms with Gasteiger partial charge >= 0.3 is 5.97 Å². The lowest BCUT2D eigenvalue weighted by Crippen LogP contribution is -2.05. The van der Waals surface area contributed by atoms with Crippen molar-refractivity contribution >= 4 is 23.4 Å². The van der Waals surface area contributed by atoms with E-state index >= 15 is 0 Å². The molecule has 0 spiro atoms. The van der Waals surface area contributed by atoms with Gasteiger partial charge in [-0.2, -0.15) is 0 Å². The molecular formula is C10H15NO2S. The normalized spacial score (nSPS) is 15.9. The Hall–Kier alpha value is -0.770. The van der Waals surface area contributed by atoms with Gasteiger partial charge in [0.15, 0.2) is 0 Å². The first kappa shape index (κ1) is 11.3. The lowest BCUT2D eigenvalue weighted by molar-refractivity contribution is -0.139. The second-order valence-electron chi connectivity index (χ2n) is 2.90. The summed E-state index contributed by atoms with van der Waals surface area (Å²) in [6.07, 6.45) is 4.20. The van der Waals surface area contributed by atoms with Crippen LogP contribution in [0, 0.1) is 0 Å². The number of carbonyl (C=O) groups is 1. The third kappa shape index (κ3) is 4.46. The number of nitrogens with zero attached hydrogens (tertiary/aromatic N) is 1. The quantitative estimate of drug-likeness (QED) is 0.656. The Kier molecular flexibility index (Phi) is 5.37. The topological polar surface area (TPSA) is 38.7 Å². The van der Waals surface area contributed by atoms with E-state index in [9.17, 15) is 4.79 Å². The van der Waals surface area contributed by atoms with E-state index in [1.165, 1.54) is 11.8 Å². The summed E-state index contributed by atoms with van der Waals surface area (Å²) >= 11 is 1.45. The van der Waals surface area contributed by atoms with Crippen molar-refractivity contribution in [1.29, 1.82) is 0 Å². The lowest BCUT2D eigenvalue weighted by atomic mass is 10.2. The third-order valence-electron chi connectivity index (χ3n) is 1.77. The van der Waals surface area contributed by atoms with Crippen molar-refractivity contribution in [1.82, 2.24) is 0 Å². The molecule has 0 bridgehead atoms. The zero-order valence-electron chi connectivity index (χ0n) is 8.36. The summed E-state index contributed by atoms with van der Waals surface area (Å²) in [5, 5.41) is 1.92. The molecule has 78 valence electrons. The number of thioether (sulfide) groups is 1. The molecule has 0 aliphatic carbocycles. The molecule has 1 aliphatic rings. The molecule has 0 N–H and O–H groups in total. The average molecular weight is 213 g/mol. The van der Waals surface area contributed by atoms with Crippen LogP contribution >= 0.6 is 11.8 Å². The van der Waals surface area contributed by atoms with Crippen molar-refractivity contribution in [2.75, 3.05) is 18.9 Å². The van der Waals surface area contributed by atoms with E-state index in [-0.39, 0.29) is 5.97 Å². The van der Waals surface area contributed by atoms with Gasteiger partial charge in [0.25, 0.3) is 0 Å². The maximum Gasteiger partial charge on any atom is 0.316 e. The van der Waals surface area contributed by atoms with Gasteiger partial charge < -0.3 is 4.74 Å². The van der Waals surface area contributed by atoms with Crippen molar-refractivity contribution < 1.29 is 9.53 Å². The number of aliphatic imine (C=N–C) groups is 1. The molecule has 1 aliphatic heterocycles. The van der Waals surface area contributed by atoms with Crippen molar-refractivity contribution in [3.8, 4) is 0 Å². The highest BCUT2D eigenvalue weighted by Crippen LogP contribution is 2.08. The summed E-state index contributed by atoms with van der Waals surface area (Å²) in [6.45, 7) is 3.21. The Morgan fingerprint density at radius 1 is 1.71 bits per heavy atom. The van der Waals surface area contributed by atoms with Gasteiger partial charge in [0.1, 0.15) is 0 Å². The van der Waals surface area contributed by atoms with Crippen LogP contribution in [0.1, 0.15) is 19.8 Å². The lowest BCUT2D eigenvalue weighted by Gasteiger charge is -1.97. The summed E-state index contributed by atoms with van der Waals surface area (Å²) in [6, 6.07) is 0. The zero-order chi connectivity index (χ0) is 10.2. The van der Waals surface area contributed by atoms with Gasteiger partial charge in [-0.25, -0.2) is 0 Å². The second-order valence-corrected chi connectivity index (χ2v) is 3.79. The van der Waals surface area contributed by atoms with E-state index in [0.29, 0.717) is 12.4 Å². The highest BCUT2D eigenvalue weighted by atomic mass is 32.2. The number of carbonyl (C=O) groups excluding carboxylic acids is 1. The van der Waals surface area contributed by atoms with Gasteiger partial charge in [-0.05, 0) is 31.2 Å². The molecule has 3 nitrogen and oxygen atoms in total. The molecule has 14 heavy (non-hydrogen) atoms. The van der Waals surface area contributed by atoms with Gasteiger partial charge in [0.05, 0.1) is 12.4 Å². The molecule has 0 unspecified atom stereocenters. The zero-order valence-corrected chi connectivity index (χ0v) is 9.18. The average Bonchev–Trinajstić information content (AvgIpc) is 2.65. The largest absolute Gasteiger partial charge is 0.465 e. The Morgan fingerprint density at radius 2 is 2.57 bits per heavy atom. The van der Waals surface area contributed by atoms with Crippen LogP contribution in [0.5, 0.6) is 0 Å². The Bertz CT molecular complexity index is 249. The van der Waals surface area contributed by atoms with Gasteiger partial charge in [0.2, 0.25) is 0 Å². The molecule has 0 amide bonds. The maximum atomic E-state index is 10.9. The molecule has 4 heteroatoms. The van der Waals surface area contributed by atoms with Crippen molar-refractivity contribution in [3.63, 3.8) is 0 Å². The van der Waals surface area contributed by atoms with Crippen molar-refractivity contribution in [3.05, 3.63) is 11.5 Å². The molecule has 0 aromatic carbocycles. The fourth-order valence-electron chi connectivity index (χ4n) is 1.14. The van der Waals surface area contributed by atoms with Crippen LogP contribution < -0.4 is 0 Å². The molecule has 1 heterocycles. The first-order valence-corrected chi connectivity index (χ1v) is 5.85. The van der Waals surface area contributed by atoms with Crippen molar-refractivity contribution in [2.24, 2.45) is 4.99 Å². The van der Waals surface area contributed by atoms with Crippen LogP contribution in [0.15, 0.2) is 16.5 Å². The molecule has 0 aromatic rings. The van der Waals surface area contributed by atoms with E-state index in [1.54, 1.807) is 0 Å². The highest BCUT2D eigenvalue weighted by molar-refractivity contribution is 8.02. The molecule has 0 atom stereocenters. The molecule has 0 saturated heterocycles. The number of ether oxygens (including phenoxy) is 1. The van der Waals surface area contributed by atoms with Gasteiger partial charge in [-0.1, -0.05) is 0 Å². The Morgan fingerprint density at radius 3 is 3.21 bits per heavy atom. The summed E-state index contributed by atoms with van der Waals surface area (Å²) < 4.78 is 4.79. The smallest absolute Gasteiger partial charge is 0.316 e. The Balaban J connectivity index is 2.11. The number of esters is 1. The number of rotatable bonds is 5. The SMILES string of the molecule is CCOC(=O)CSC=CC1=NCCC1. The van der Waals surface area contributed by atoms with Gasteiger partial charge in [-0.15, -0.1) is 11.8 Å². The minimum absolute atomic E-state index is 0.157. The predicted octanol–water partition coefficient (Wildman–Crippen LogP) is 2.03. The van der Waals surface area contributed by atoms with Gasteiger partial charge in [-0.3, -0.25) is 9.79 Å². The molecule has 0 fully saturated rings. The summed E-state index contributed by atoms with van der Waals surface area (Å²) in [4.78, 5) is 15.2. The summed E-state index contributed by atoms with van der Waals surface area (Å²) in [5.41, 5.74) is 1.14.